The maximum absolute atomic E-state index is 5.80. The van der Waals surface area contributed by atoms with Gasteiger partial charge in [0.05, 0.1) is 0 Å². The number of ether oxygens (including phenoxy) is 1. The Bertz CT molecular complexity index is 304. The second kappa shape index (κ2) is 3.65. The van der Waals surface area contributed by atoms with Crippen LogP contribution in [0.1, 0.15) is 18.4 Å². The fourth-order valence-electron chi connectivity index (χ4n) is 1.73. The summed E-state index contributed by atoms with van der Waals surface area (Å²) in [5.74, 6) is 1.06. The van der Waals surface area contributed by atoms with Crippen LogP contribution in [-0.2, 0) is 6.42 Å². The van der Waals surface area contributed by atoms with Crippen LogP contribution in [0.3, 0.4) is 0 Å². The fraction of sp³-hybridized carbons (Fsp3) is 0.333. The van der Waals surface area contributed by atoms with Crippen LogP contribution in [0.2, 0.25) is 0 Å². The summed E-state index contributed by atoms with van der Waals surface area (Å²) in [5, 5.41) is 0. The molecule has 68 valence electrons. The highest BCUT2D eigenvalue weighted by Crippen LogP contribution is 2.27. The number of fused-ring (bicyclic) bond motifs is 1. The van der Waals surface area contributed by atoms with Crippen molar-refractivity contribution in [3.8, 4) is 5.75 Å². The lowest BCUT2D eigenvalue weighted by Gasteiger charge is -2.24. The minimum Gasteiger partial charge on any atom is -0.490 e. The zero-order valence-corrected chi connectivity index (χ0v) is 7.70. The molecule has 1 atom stereocenters. The SMILES string of the molecule is C=CC[C@H]1CCc2ccccc2O1. The van der Waals surface area contributed by atoms with Crippen molar-refractivity contribution in [1.82, 2.24) is 0 Å². The summed E-state index contributed by atoms with van der Waals surface area (Å²) in [6, 6.07) is 8.27. The van der Waals surface area contributed by atoms with E-state index in [2.05, 4.69) is 18.7 Å². The molecule has 1 nitrogen and oxygen atoms in total. The average Bonchev–Trinajstić information content (AvgIpc) is 2.18. The zero-order chi connectivity index (χ0) is 9.10. The van der Waals surface area contributed by atoms with E-state index in [1.165, 1.54) is 5.56 Å². The van der Waals surface area contributed by atoms with E-state index in [1.807, 2.05) is 18.2 Å². The highest BCUT2D eigenvalue weighted by Gasteiger charge is 2.17. The van der Waals surface area contributed by atoms with Gasteiger partial charge in [0.1, 0.15) is 11.9 Å². The standard InChI is InChI=1S/C12H14O/c1-2-5-11-9-8-10-6-3-4-7-12(10)13-11/h2-4,6-7,11H,1,5,8-9H2/t11-/m0/s1. The van der Waals surface area contributed by atoms with Crippen LogP contribution in [0.25, 0.3) is 0 Å². The number of para-hydroxylation sites is 1. The summed E-state index contributed by atoms with van der Waals surface area (Å²) in [6.07, 6.45) is 5.47. The smallest absolute Gasteiger partial charge is 0.122 e. The van der Waals surface area contributed by atoms with Gasteiger partial charge in [-0.15, -0.1) is 6.58 Å². The Morgan fingerprint density at radius 2 is 2.31 bits per heavy atom. The molecular weight excluding hydrogens is 160 g/mol. The summed E-state index contributed by atoms with van der Waals surface area (Å²) < 4.78 is 5.80. The molecule has 0 saturated heterocycles. The first-order valence-corrected chi connectivity index (χ1v) is 4.75. The van der Waals surface area contributed by atoms with E-state index in [1.54, 1.807) is 0 Å². The van der Waals surface area contributed by atoms with Crippen molar-refractivity contribution in [2.24, 2.45) is 0 Å². The summed E-state index contributed by atoms with van der Waals surface area (Å²) in [4.78, 5) is 0. The van der Waals surface area contributed by atoms with Crippen molar-refractivity contribution in [2.75, 3.05) is 0 Å². The predicted molar refractivity (Wildman–Crippen MR) is 54.0 cm³/mol. The van der Waals surface area contributed by atoms with Crippen molar-refractivity contribution < 1.29 is 4.74 Å². The number of rotatable bonds is 2. The summed E-state index contributed by atoms with van der Waals surface area (Å²) >= 11 is 0. The van der Waals surface area contributed by atoms with Crippen LogP contribution < -0.4 is 4.74 Å². The van der Waals surface area contributed by atoms with Crippen molar-refractivity contribution in [3.63, 3.8) is 0 Å². The predicted octanol–water partition coefficient (Wildman–Crippen LogP) is 2.96. The van der Waals surface area contributed by atoms with Gasteiger partial charge in [-0.3, -0.25) is 0 Å². The molecule has 13 heavy (non-hydrogen) atoms. The van der Waals surface area contributed by atoms with Gasteiger partial charge in [-0.1, -0.05) is 24.3 Å². The van der Waals surface area contributed by atoms with E-state index in [9.17, 15) is 0 Å². The Morgan fingerprint density at radius 1 is 1.46 bits per heavy atom. The molecule has 1 aromatic rings. The Kier molecular flexibility index (Phi) is 2.35. The molecule has 0 amide bonds. The van der Waals surface area contributed by atoms with Gasteiger partial charge in [-0.05, 0) is 24.5 Å². The molecule has 0 saturated carbocycles. The largest absolute Gasteiger partial charge is 0.490 e. The number of hydrogen-bond acceptors (Lipinski definition) is 1. The van der Waals surface area contributed by atoms with Gasteiger partial charge in [-0.25, -0.2) is 0 Å². The second-order valence-electron chi connectivity index (χ2n) is 3.41. The third kappa shape index (κ3) is 1.74. The van der Waals surface area contributed by atoms with Crippen LogP contribution in [0.4, 0.5) is 0 Å². The molecule has 0 bridgehead atoms. The lowest BCUT2D eigenvalue weighted by atomic mass is 10.0. The molecule has 1 heteroatoms. The van der Waals surface area contributed by atoms with Crippen LogP contribution in [-0.4, -0.2) is 6.10 Å². The quantitative estimate of drug-likeness (QED) is 0.626. The first-order valence-electron chi connectivity index (χ1n) is 4.75. The third-order valence-electron chi connectivity index (χ3n) is 2.43. The third-order valence-corrected chi connectivity index (χ3v) is 2.43. The summed E-state index contributed by atoms with van der Waals surface area (Å²) in [5.41, 5.74) is 1.34. The molecule has 0 unspecified atom stereocenters. The highest BCUT2D eigenvalue weighted by atomic mass is 16.5. The Morgan fingerprint density at radius 3 is 3.15 bits per heavy atom. The van der Waals surface area contributed by atoms with Gasteiger partial charge in [0.25, 0.3) is 0 Å². The Hall–Kier alpha value is -1.24. The fourth-order valence-corrected chi connectivity index (χ4v) is 1.73. The van der Waals surface area contributed by atoms with E-state index >= 15 is 0 Å². The second-order valence-corrected chi connectivity index (χ2v) is 3.41. The molecule has 0 aromatic heterocycles. The number of aryl methyl sites for hydroxylation is 1. The molecular formula is C12H14O. The van der Waals surface area contributed by atoms with E-state index < -0.39 is 0 Å². The number of benzene rings is 1. The molecule has 1 aromatic carbocycles. The monoisotopic (exact) mass is 174 g/mol. The molecule has 0 spiro atoms. The minimum atomic E-state index is 0.340. The van der Waals surface area contributed by atoms with Crippen molar-refractivity contribution in [2.45, 2.75) is 25.4 Å². The van der Waals surface area contributed by atoms with E-state index in [-0.39, 0.29) is 0 Å². The van der Waals surface area contributed by atoms with Gasteiger partial charge in [0.2, 0.25) is 0 Å². The van der Waals surface area contributed by atoms with Crippen molar-refractivity contribution in [1.29, 1.82) is 0 Å². The first-order chi connectivity index (χ1) is 6.40. The van der Waals surface area contributed by atoms with E-state index in [0.29, 0.717) is 6.10 Å². The van der Waals surface area contributed by atoms with Gasteiger partial charge in [0.15, 0.2) is 0 Å². The molecule has 1 aliphatic heterocycles. The minimum absolute atomic E-state index is 0.340. The maximum Gasteiger partial charge on any atom is 0.122 e. The van der Waals surface area contributed by atoms with Gasteiger partial charge < -0.3 is 4.74 Å². The summed E-state index contributed by atoms with van der Waals surface area (Å²) in [7, 11) is 0. The van der Waals surface area contributed by atoms with Crippen LogP contribution in [0.5, 0.6) is 5.75 Å². The maximum atomic E-state index is 5.80. The molecule has 1 aliphatic rings. The molecule has 0 radical (unpaired) electrons. The molecule has 0 fully saturated rings. The number of hydrogen-bond donors (Lipinski definition) is 0. The van der Waals surface area contributed by atoms with Crippen molar-refractivity contribution in [3.05, 3.63) is 42.5 Å². The molecule has 0 aliphatic carbocycles. The lowest BCUT2D eigenvalue weighted by Crippen LogP contribution is -2.21. The van der Waals surface area contributed by atoms with Gasteiger partial charge in [-0.2, -0.15) is 0 Å². The zero-order valence-electron chi connectivity index (χ0n) is 7.70. The van der Waals surface area contributed by atoms with E-state index in [0.717, 1.165) is 25.0 Å². The lowest BCUT2D eigenvalue weighted by molar-refractivity contribution is 0.176. The topological polar surface area (TPSA) is 9.23 Å². The Labute approximate surface area is 79.0 Å². The van der Waals surface area contributed by atoms with Crippen LogP contribution >= 0.6 is 0 Å². The molecule has 1 heterocycles. The van der Waals surface area contributed by atoms with Crippen LogP contribution in [0.15, 0.2) is 36.9 Å². The molecule has 0 N–H and O–H groups in total. The van der Waals surface area contributed by atoms with Gasteiger partial charge >= 0.3 is 0 Å². The van der Waals surface area contributed by atoms with Gasteiger partial charge in [0, 0.05) is 6.42 Å². The molecule has 2 rings (SSSR count). The van der Waals surface area contributed by atoms with E-state index in [4.69, 9.17) is 4.74 Å². The van der Waals surface area contributed by atoms with Crippen LogP contribution in [0, 0.1) is 0 Å². The first kappa shape index (κ1) is 8.36. The normalized spacial score (nSPS) is 20.2. The summed E-state index contributed by atoms with van der Waals surface area (Å²) in [6.45, 7) is 3.73. The Balaban J connectivity index is 2.15. The van der Waals surface area contributed by atoms with Crippen molar-refractivity contribution >= 4 is 0 Å². The highest BCUT2D eigenvalue weighted by molar-refractivity contribution is 5.35. The average molecular weight is 174 g/mol.